The van der Waals surface area contributed by atoms with Gasteiger partial charge in [-0.2, -0.15) is 0 Å². The first-order chi connectivity index (χ1) is 10.2. The fourth-order valence-corrected chi connectivity index (χ4v) is 3.17. The minimum Gasteiger partial charge on any atom is -0.380 e. The van der Waals surface area contributed by atoms with Gasteiger partial charge in [-0.15, -0.1) is 0 Å². The van der Waals surface area contributed by atoms with Gasteiger partial charge in [-0.1, -0.05) is 67.6 Å². The van der Waals surface area contributed by atoms with E-state index in [9.17, 15) is 9.90 Å². The van der Waals surface area contributed by atoms with E-state index in [2.05, 4.69) is 0 Å². The molecule has 1 aliphatic carbocycles. The standard InChI is InChI=1S/C19H18O2/c1-2-16-17(20)13-19(21,15-11-7-4-8-12-15)18(16)14-9-5-3-6-10-14/h3-12,21H,2,13H2,1H3. The zero-order valence-corrected chi connectivity index (χ0v) is 12.0. The molecule has 1 atom stereocenters. The largest absolute Gasteiger partial charge is 0.380 e. The lowest BCUT2D eigenvalue weighted by Crippen LogP contribution is -2.25. The number of benzene rings is 2. The van der Waals surface area contributed by atoms with Gasteiger partial charge in [0, 0.05) is 17.6 Å². The molecule has 21 heavy (non-hydrogen) atoms. The van der Waals surface area contributed by atoms with Gasteiger partial charge in [0.05, 0.1) is 0 Å². The van der Waals surface area contributed by atoms with E-state index in [0.717, 1.165) is 22.3 Å². The number of aliphatic hydroxyl groups is 1. The summed E-state index contributed by atoms with van der Waals surface area (Å²) in [5, 5.41) is 11.3. The number of carbonyl (C=O) groups is 1. The molecule has 0 aromatic heterocycles. The second kappa shape index (κ2) is 5.30. The summed E-state index contributed by atoms with van der Waals surface area (Å²) in [4.78, 5) is 12.4. The van der Waals surface area contributed by atoms with Crippen molar-refractivity contribution in [2.45, 2.75) is 25.4 Å². The molecule has 2 heteroatoms. The Labute approximate surface area is 124 Å². The Bertz CT molecular complexity index is 686. The maximum absolute atomic E-state index is 12.4. The Morgan fingerprint density at radius 2 is 1.57 bits per heavy atom. The minimum atomic E-state index is -1.22. The van der Waals surface area contributed by atoms with Crippen LogP contribution in [0.15, 0.2) is 66.2 Å². The highest BCUT2D eigenvalue weighted by atomic mass is 16.3. The van der Waals surface area contributed by atoms with E-state index in [1.165, 1.54) is 0 Å². The van der Waals surface area contributed by atoms with Crippen molar-refractivity contribution < 1.29 is 9.90 Å². The molecule has 0 bridgehead atoms. The number of carbonyl (C=O) groups excluding carboxylic acids is 1. The third-order valence-electron chi connectivity index (χ3n) is 4.14. The van der Waals surface area contributed by atoms with Crippen LogP contribution >= 0.6 is 0 Å². The molecule has 0 amide bonds. The van der Waals surface area contributed by atoms with E-state index >= 15 is 0 Å². The molecule has 0 aliphatic heterocycles. The summed E-state index contributed by atoms with van der Waals surface area (Å²) in [6, 6.07) is 19.2. The summed E-state index contributed by atoms with van der Waals surface area (Å²) in [6.45, 7) is 1.97. The van der Waals surface area contributed by atoms with Crippen LogP contribution in [0, 0.1) is 0 Å². The van der Waals surface area contributed by atoms with E-state index in [0.29, 0.717) is 6.42 Å². The van der Waals surface area contributed by atoms with Crippen molar-refractivity contribution in [3.05, 3.63) is 77.4 Å². The Kier molecular flexibility index (Phi) is 3.48. The highest BCUT2D eigenvalue weighted by Gasteiger charge is 2.45. The van der Waals surface area contributed by atoms with Crippen molar-refractivity contribution >= 4 is 11.4 Å². The van der Waals surface area contributed by atoms with Crippen LogP contribution in [-0.2, 0) is 10.4 Å². The molecule has 0 heterocycles. The van der Waals surface area contributed by atoms with Crippen LogP contribution in [0.5, 0.6) is 0 Å². The van der Waals surface area contributed by atoms with Gasteiger partial charge in [0.25, 0.3) is 0 Å². The highest BCUT2D eigenvalue weighted by Crippen LogP contribution is 2.47. The Balaban J connectivity index is 2.22. The molecule has 3 rings (SSSR count). The molecule has 2 nitrogen and oxygen atoms in total. The predicted octanol–water partition coefficient (Wildman–Crippen LogP) is 3.71. The van der Waals surface area contributed by atoms with Gasteiger partial charge in [0.1, 0.15) is 5.60 Å². The van der Waals surface area contributed by atoms with E-state index in [1.807, 2.05) is 67.6 Å². The number of allylic oxidation sites excluding steroid dienone is 1. The molecule has 0 radical (unpaired) electrons. The Morgan fingerprint density at radius 3 is 2.14 bits per heavy atom. The zero-order chi connectivity index (χ0) is 14.9. The van der Waals surface area contributed by atoms with Crippen LogP contribution in [0.1, 0.15) is 30.9 Å². The van der Waals surface area contributed by atoms with Crippen LogP contribution in [0.4, 0.5) is 0 Å². The molecular weight excluding hydrogens is 260 g/mol. The third-order valence-corrected chi connectivity index (χ3v) is 4.14. The molecule has 0 saturated heterocycles. The number of rotatable bonds is 3. The van der Waals surface area contributed by atoms with Crippen molar-refractivity contribution in [3.63, 3.8) is 0 Å². The van der Waals surface area contributed by atoms with Crippen molar-refractivity contribution in [2.75, 3.05) is 0 Å². The topological polar surface area (TPSA) is 37.3 Å². The van der Waals surface area contributed by atoms with E-state index in [4.69, 9.17) is 0 Å². The molecular formula is C19H18O2. The molecule has 106 valence electrons. The molecule has 1 unspecified atom stereocenters. The average molecular weight is 278 g/mol. The van der Waals surface area contributed by atoms with Gasteiger partial charge in [0.2, 0.25) is 0 Å². The quantitative estimate of drug-likeness (QED) is 0.929. The number of hydrogen-bond donors (Lipinski definition) is 1. The van der Waals surface area contributed by atoms with Crippen LogP contribution in [0.2, 0.25) is 0 Å². The Morgan fingerprint density at radius 1 is 1.00 bits per heavy atom. The lowest BCUT2D eigenvalue weighted by Gasteiger charge is -2.27. The first-order valence-electron chi connectivity index (χ1n) is 7.27. The maximum Gasteiger partial charge on any atom is 0.162 e. The Hall–Kier alpha value is -2.19. The molecule has 0 fully saturated rings. The van der Waals surface area contributed by atoms with Crippen molar-refractivity contribution in [3.8, 4) is 0 Å². The molecule has 2 aromatic rings. The van der Waals surface area contributed by atoms with E-state index in [1.54, 1.807) is 0 Å². The van der Waals surface area contributed by atoms with Gasteiger partial charge in [-0.25, -0.2) is 0 Å². The maximum atomic E-state index is 12.4. The average Bonchev–Trinajstić information content (AvgIpc) is 2.80. The highest BCUT2D eigenvalue weighted by molar-refractivity contribution is 6.10. The van der Waals surface area contributed by atoms with Gasteiger partial charge in [-0.05, 0) is 17.5 Å². The predicted molar refractivity (Wildman–Crippen MR) is 83.6 cm³/mol. The van der Waals surface area contributed by atoms with Gasteiger partial charge < -0.3 is 5.11 Å². The molecule has 2 aromatic carbocycles. The van der Waals surface area contributed by atoms with Crippen LogP contribution in [-0.4, -0.2) is 10.9 Å². The van der Waals surface area contributed by atoms with Crippen molar-refractivity contribution in [1.29, 1.82) is 0 Å². The first kappa shape index (κ1) is 13.8. The summed E-state index contributed by atoms with van der Waals surface area (Å²) in [7, 11) is 0. The number of hydrogen-bond acceptors (Lipinski definition) is 2. The van der Waals surface area contributed by atoms with Crippen molar-refractivity contribution in [1.82, 2.24) is 0 Å². The molecule has 1 aliphatic rings. The van der Waals surface area contributed by atoms with Crippen LogP contribution < -0.4 is 0 Å². The number of Topliss-reactive ketones (excluding diaryl/α,β-unsaturated/α-hetero) is 1. The summed E-state index contributed by atoms with van der Waals surface area (Å²) in [5.74, 6) is 0.0442. The summed E-state index contributed by atoms with van der Waals surface area (Å²) >= 11 is 0. The van der Waals surface area contributed by atoms with E-state index in [-0.39, 0.29) is 12.2 Å². The third kappa shape index (κ3) is 2.22. The van der Waals surface area contributed by atoms with Crippen molar-refractivity contribution in [2.24, 2.45) is 0 Å². The van der Waals surface area contributed by atoms with E-state index < -0.39 is 5.60 Å². The fourth-order valence-electron chi connectivity index (χ4n) is 3.17. The monoisotopic (exact) mass is 278 g/mol. The first-order valence-corrected chi connectivity index (χ1v) is 7.27. The minimum absolute atomic E-state index is 0.0442. The summed E-state index contributed by atoms with van der Waals surface area (Å²) in [5.41, 5.74) is 1.99. The van der Waals surface area contributed by atoms with Crippen LogP contribution in [0.25, 0.3) is 5.57 Å². The SMILES string of the molecule is CCC1=C(c2ccccc2)C(O)(c2ccccc2)CC1=O. The number of ketones is 1. The summed E-state index contributed by atoms with van der Waals surface area (Å²) < 4.78 is 0. The second-order valence-electron chi connectivity index (χ2n) is 5.40. The zero-order valence-electron chi connectivity index (χ0n) is 12.0. The lowest BCUT2D eigenvalue weighted by atomic mass is 9.83. The lowest BCUT2D eigenvalue weighted by molar-refractivity contribution is -0.117. The normalized spacial score (nSPS) is 21.9. The van der Waals surface area contributed by atoms with Gasteiger partial charge in [-0.3, -0.25) is 4.79 Å². The second-order valence-corrected chi connectivity index (χ2v) is 5.40. The van der Waals surface area contributed by atoms with Gasteiger partial charge >= 0.3 is 0 Å². The molecule has 0 spiro atoms. The smallest absolute Gasteiger partial charge is 0.162 e. The summed E-state index contributed by atoms with van der Waals surface area (Å²) in [6.07, 6.45) is 0.766. The van der Waals surface area contributed by atoms with Crippen LogP contribution in [0.3, 0.4) is 0 Å². The van der Waals surface area contributed by atoms with Gasteiger partial charge in [0.15, 0.2) is 5.78 Å². The fraction of sp³-hybridized carbons (Fsp3) is 0.211. The molecule has 0 saturated carbocycles. The molecule has 1 N–H and O–H groups in total.